The molecule has 0 aliphatic rings. The Morgan fingerprint density at radius 3 is 2.85 bits per heavy atom. The fraction of sp³-hybridized carbons (Fsp3) is 0.182. The van der Waals surface area contributed by atoms with Gasteiger partial charge in [-0.05, 0) is 22.0 Å². The molecule has 6 nitrogen and oxygen atoms in total. The fourth-order valence-corrected chi connectivity index (χ4v) is 1.99. The SMILES string of the molecule is NCCn1cc(C(=O)Nc2c(F)cc(F)cc2Br)nn1. The predicted octanol–water partition coefficient (Wildman–Crippen LogP) is 1.53. The van der Waals surface area contributed by atoms with E-state index in [1.807, 2.05) is 0 Å². The monoisotopic (exact) mass is 345 g/mol. The molecular weight excluding hydrogens is 336 g/mol. The zero-order valence-corrected chi connectivity index (χ0v) is 11.7. The van der Waals surface area contributed by atoms with Crippen molar-refractivity contribution < 1.29 is 13.6 Å². The van der Waals surface area contributed by atoms with Gasteiger partial charge in [-0.1, -0.05) is 5.21 Å². The molecule has 0 saturated carbocycles. The molecule has 0 bridgehead atoms. The molecule has 0 aliphatic heterocycles. The molecule has 0 radical (unpaired) electrons. The average molecular weight is 346 g/mol. The maximum absolute atomic E-state index is 13.6. The molecule has 1 heterocycles. The summed E-state index contributed by atoms with van der Waals surface area (Å²) in [5.74, 6) is -2.29. The van der Waals surface area contributed by atoms with E-state index in [1.54, 1.807) is 0 Å². The van der Waals surface area contributed by atoms with Crippen molar-refractivity contribution >= 4 is 27.5 Å². The standard InChI is InChI=1S/C11H10BrF2N5O/c12-7-3-6(13)4-8(14)10(7)16-11(20)9-5-19(2-1-15)18-17-9/h3-5H,1-2,15H2,(H,16,20). The molecular formula is C11H10BrF2N5O. The highest BCUT2D eigenvalue weighted by Gasteiger charge is 2.16. The number of aromatic nitrogens is 3. The second-order valence-corrected chi connectivity index (χ2v) is 4.71. The van der Waals surface area contributed by atoms with Crippen LogP contribution in [-0.2, 0) is 6.54 Å². The first-order chi connectivity index (χ1) is 9.51. The Labute approximate surface area is 121 Å². The van der Waals surface area contributed by atoms with Crippen LogP contribution in [0, 0.1) is 11.6 Å². The third-order valence-corrected chi connectivity index (χ3v) is 3.00. The number of anilines is 1. The van der Waals surface area contributed by atoms with Gasteiger partial charge in [-0.3, -0.25) is 9.48 Å². The molecule has 0 spiro atoms. The summed E-state index contributed by atoms with van der Waals surface area (Å²) >= 11 is 2.98. The lowest BCUT2D eigenvalue weighted by Gasteiger charge is -2.07. The molecule has 2 rings (SSSR count). The summed E-state index contributed by atoms with van der Waals surface area (Å²) in [6, 6.07) is 1.72. The van der Waals surface area contributed by atoms with Gasteiger partial charge in [0.15, 0.2) is 11.5 Å². The summed E-state index contributed by atoms with van der Waals surface area (Å²) in [7, 11) is 0. The lowest BCUT2D eigenvalue weighted by atomic mass is 10.3. The van der Waals surface area contributed by atoms with Crippen molar-refractivity contribution in [3.05, 3.63) is 40.1 Å². The number of carbonyl (C=O) groups is 1. The van der Waals surface area contributed by atoms with Crippen LogP contribution in [0.4, 0.5) is 14.5 Å². The molecule has 0 unspecified atom stereocenters. The van der Waals surface area contributed by atoms with Gasteiger partial charge in [0.25, 0.3) is 5.91 Å². The number of hydrogen-bond acceptors (Lipinski definition) is 4. The van der Waals surface area contributed by atoms with E-state index < -0.39 is 17.5 Å². The number of rotatable bonds is 4. The largest absolute Gasteiger partial charge is 0.329 e. The summed E-state index contributed by atoms with van der Waals surface area (Å²) < 4.78 is 28.0. The number of hydrogen-bond donors (Lipinski definition) is 2. The van der Waals surface area contributed by atoms with E-state index in [9.17, 15) is 13.6 Å². The molecule has 0 atom stereocenters. The Morgan fingerprint density at radius 1 is 1.45 bits per heavy atom. The first-order valence-electron chi connectivity index (χ1n) is 5.57. The highest BCUT2D eigenvalue weighted by Crippen LogP contribution is 2.27. The molecule has 1 aromatic carbocycles. The Hall–Kier alpha value is -1.87. The molecule has 1 amide bonds. The van der Waals surface area contributed by atoms with Gasteiger partial charge in [0.05, 0.1) is 18.4 Å². The van der Waals surface area contributed by atoms with Crippen LogP contribution in [0.2, 0.25) is 0 Å². The van der Waals surface area contributed by atoms with Crippen LogP contribution < -0.4 is 11.1 Å². The van der Waals surface area contributed by atoms with Gasteiger partial charge in [-0.2, -0.15) is 0 Å². The topological polar surface area (TPSA) is 85.8 Å². The molecule has 2 aromatic rings. The van der Waals surface area contributed by atoms with Crippen molar-refractivity contribution in [3.63, 3.8) is 0 Å². The number of benzene rings is 1. The molecule has 20 heavy (non-hydrogen) atoms. The van der Waals surface area contributed by atoms with E-state index in [4.69, 9.17) is 5.73 Å². The van der Waals surface area contributed by atoms with Gasteiger partial charge in [0, 0.05) is 17.1 Å². The van der Waals surface area contributed by atoms with Crippen molar-refractivity contribution in [1.82, 2.24) is 15.0 Å². The average Bonchev–Trinajstić information content (AvgIpc) is 2.82. The zero-order valence-electron chi connectivity index (χ0n) is 10.1. The van der Waals surface area contributed by atoms with Gasteiger partial charge < -0.3 is 11.1 Å². The number of carbonyl (C=O) groups excluding carboxylic acids is 1. The number of amides is 1. The normalized spacial score (nSPS) is 10.6. The molecule has 3 N–H and O–H groups in total. The van der Waals surface area contributed by atoms with Crippen molar-refractivity contribution in [2.45, 2.75) is 6.54 Å². The summed E-state index contributed by atoms with van der Waals surface area (Å²) in [5, 5.41) is 9.63. The minimum atomic E-state index is -0.889. The van der Waals surface area contributed by atoms with Gasteiger partial charge in [-0.25, -0.2) is 8.78 Å². The quantitative estimate of drug-likeness (QED) is 0.879. The Balaban J connectivity index is 2.19. The number of halogens is 3. The fourth-order valence-electron chi connectivity index (χ4n) is 1.48. The van der Waals surface area contributed by atoms with Gasteiger partial charge in [0.1, 0.15) is 5.82 Å². The number of nitrogens with one attached hydrogen (secondary N) is 1. The third-order valence-electron chi connectivity index (χ3n) is 2.37. The maximum atomic E-state index is 13.6. The van der Waals surface area contributed by atoms with Crippen molar-refractivity contribution in [1.29, 1.82) is 0 Å². The smallest absolute Gasteiger partial charge is 0.277 e. The number of nitrogens with two attached hydrogens (primary N) is 1. The number of nitrogens with zero attached hydrogens (tertiary/aromatic N) is 3. The maximum Gasteiger partial charge on any atom is 0.277 e. The zero-order chi connectivity index (χ0) is 14.7. The van der Waals surface area contributed by atoms with Crippen LogP contribution in [0.1, 0.15) is 10.5 Å². The predicted molar refractivity (Wildman–Crippen MR) is 71.1 cm³/mol. The van der Waals surface area contributed by atoms with Crippen LogP contribution >= 0.6 is 15.9 Å². The van der Waals surface area contributed by atoms with Crippen LogP contribution in [-0.4, -0.2) is 27.4 Å². The summed E-state index contributed by atoms with van der Waals surface area (Å²) in [6.07, 6.45) is 1.39. The minimum Gasteiger partial charge on any atom is -0.329 e. The van der Waals surface area contributed by atoms with E-state index in [-0.39, 0.29) is 15.9 Å². The van der Waals surface area contributed by atoms with Gasteiger partial charge in [0.2, 0.25) is 0 Å². The summed E-state index contributed by atoms with van der Waals surface area (Å²) in [5.41, 5.74) is 5.19. The van der Waals surface area contributed by atoms with E-state index >= 15 is 0 Å². The van der Waals surface area contributed by atoms with Crippen molar-refractivity contribution in [3.8, 4) is 0 Å². The first-order valence-corrected chi connectivity index (χ1v) is 6.36. The summed E-state index contributed by atoms with van der Waals surface area (Å²) in [6.45, 7) is 0.761. The highest BCUT2D eigenvalue weighted by atomic mass is 79.9. The van der Waals surface area contributed by atoms with E-state index in [2.05, 4.69) is 31.6 Å². The van der Waals surface area contributed by atoms with Gasteiger partial charge >= 0.3 is 0 Å². The molecule has 0 saturated heterocycles. The Morgan fingerprint density at radius 2 is 2.20 bits per heavy atom. The molecule has 0 fully saturated rings. The molecule has 106 valence electrons. The second-order valence-electron chi connectivity index (χ2n) is 3.85. The molecule has 9 heteroatoms. The lowest BCUT2D eigenvalue weighted by Crippen LogP contribution is -2.14. The summed E-state index contributed by atoms with van der Waals surface area (Å²) in [4.78, 5) is 11.9. The van der Waals surface area contributed by atoms with Crippen molar-refractivity contribution in [2.75, 3.05) is 11.9 Å². The molecule has 1 aromatic heterocycles. The van der Waals surface area contributed by atoms with E-state index in [0.29, 0.717) is 19.2 Å². The lowest BCUT2D eigenvalue weighted by molar-refractivity contribution is 0.102. The van der Waals surface area contributed by atoms with Gasteiger partial charge in [-0.15, -0.1) is 5.10 Å². The minimum absolute atomic E-state index is 0.00840. The molecule has 0 aliphatic carbocycles. The Bertz CT molecular complexity index is 622. The highest BCUT2D eigenvalue weighted by molar-refractivity contribution is 9.10. The van der Waals surface area contributed by atoms with E-state index in [0.717, 1.165) is 6.07 Å². The van der Waals surface area contributed by atoms with Crippen LogP contribution in [0.25, 0.3) is 0 Å². The van der Waals surface area contributed by atoms with Crippen LogP contribution in [0.5, 0.6) is 0 Å². The van der Waals surface area contributed by atoms with Crippen LogP contribution in [0.3, 0.4) is 0 Å². The van der Waals surface area contributed by atoms with Crippen molar-refractivity contribution in [2.24, 2.45) is 5.73 Å². The second kappa shape index (κ2) is 6.06. The van der Waals surface area contributed by atoms with E-state index in [1.165, 1.54) is 10.9 Å². The Kier molecular flexibility index (Phi) is 4.40. The van der Waals surface area contributed by atoms with Crippen LogP contribution in [0.15, 0.2) is 22.8 Å². The third kappa shape index (κ3) is 3.17. The first kappa shape index (κ1) is 14.5.